The summed E-state index contributed by atoms with van der Waals surface area (Å²) in [6.45, 7) is 1.58. The second-order valence-corrected chi connectivity index (χ2v) is 6.89. The van der Waals surface area contributed by atoms with Gasteiger partial charge in [0.25, 0.3) is 11.8 Å². The Labute approximate surface area is 166 Å². The van der Waals surface area contributed by atoms with Crippen LogP contribution in [0.1, 0.15) is 17.3 Å². The third-order valence-electron chi connectivity index (χ3n) is 3.46. The van der Waals surface area contributed by atoms with Crippen molar-refractivity contribution in [2.45, 2.75) is 13.0 Å². The van der Waals surface area contributed by atoms with Gasteiger partial charge in [0.05, 0.1) is 15.6 Å². The molecule has 0 radical (unpaired) electrons. The SMILES string of the molecule is CC(Oc1cccc(Cl)c1Cl)C(=O)Nc1ccc(Cl)c(C(=O)N(C)C)c1. The van der Waals surface area contributed by atoms with Crippen LogP contribution in [0.15, 0.2) is 36.4 Å². The fourth-order valence-corrected chi connectivity index (χ4v) is 2.61. The second-order valence-electron chi connectivity index (χ2n) is 5.70. The summed E-state index contributed by atoms with van der Waals surface area (Å²) >= 11 is 18.1. The lowest BCUT2D eigenvalue weighted by Gasteiger charge is -2.17. The van der Waals surface area contributed by atoms with Gasteiger partial charge in [-0.25, -0.2) is 0 Å². The molecule has 0 spiro atoms. The number of rotatable bonds is 5. The molecule has 2 aromatic carbocycles. The summed E-state index contributed by atoms with van der Waals surface area (Å²) in [5.74, 6) is -0.367. The average molecular weight is 416 g/mol. The second kappa shape index (κ2) is 8.62. The maximum atomic E-state index is 12.4. The number of amides is 2. The molecule has 1 unspecified atom stereocenters. The van der Waals surface area contributed by atoms with E-state index in [1.807, 2.05) is 0 Å². The molecule has 1 N–H and O–H groups in total. The molecular formula is C18H17Cl3N2O3. The van der Waals surface area contributed by atoms with Crippen LogP contribution in [0.2, 0.25) is 15.1 Å². The third kappa shape index (κ3) is 4.81. The summed E-state index contributed by atoms with van der Waals surface area (Å²) in [5, 5.41) is 3.56. The number of anilines is 1. The highest BCUT2D eigenvalue weighted by Gasteiger charge is 2.19. The van der Waals surface area contributed by atoms with Gasteiger partial charge in [0.15, 0.2) is 6.10 Å². The van der Waals surface area contributed by atoms with Crippen molar-refractivity contribution in [1.82, 2.24) is 4.90 Å². The van der Waals surface area contributed by atoms with Gasteiger partial charge in [-0.2, -0.15) is 0 Å². The molecule has 0 saturated heterocycles. The van der Waals surface area contributed by atoms with Gasteiger partial charge in [0, 0.05) is 19.8 Å². The number of ether oxygens (including phenoxy) is 1. The van der Waals surface area contributed by atoms with Crippen molar-refractivity contribution in [2.75, 3.05) is 19.4 Å². The van der Waals surface area contributed by atoms with Gasteiger partial charge in [-0.3, -0.25) is 9.59 Å². The molecule has 0 aromatic heterocycles. The van der Waals surface area contributed by atoms with Gasteiger partial charge in [-0.1, -0.05) is 40.9 Å². The zero-order chi connectivity index (χ0) is 19.4. The minimum atomic E-state index is -0.838. The lowest BCUT2D eigenvalue weighted by atomic mass is 10.1. The number of carbonyl (C=O) groups excluding carboxylic acids is 2. The van der Waals surface area contributed by atoms with Gasteiger partial charge < -0.3 is 15.0 Å². The van der Waals surface area contributed by atoms with Crippen molar-refractivity contribution in [3.05, 3.63) is 57.0 Å². The Balaban J connectivity index is 2.13. The molecule has 2 amide bonds. The fraction of sp³-hybridized carbons (Fsp3) is 0.222. The van der Waals surface area contributed by atoms with Crippen LogP contribution < -0.4 is 10.1 Å². The summed E-state index contributed by atoms with van der Waals surface area (Å²) in [6, 6.07) is 9.58. The van der Waals surface area contributed by atoms with Crippen LogP contribution in [-0.4, -0.2) is 36.9 Å². The number of nitrogens with zero attached hydrogens (tertiary/aromatic N) is 1. The minimum absolute atomic E-state index is 0.235. The smallest absolute Gasteiger partial charge is 0.265 e. The molecule has 8 heteroatoms. The number of benzene rings is 2. The Hall–Kier alpha value is -1.95. The Morgan fingerprint density at radius 1 is 1.08 bits per heavy atom. The van der Waals surface area contributed by atoms with E-state index in [2.05, 4.69) is 5.32 Å². The molecule has 2 aromatic rings. The first-order valence-electron chi connectivity index (χ1n) is 7.63. The van der Waals surface area contributed by atoms with Crippen LogP contribution in [0.3, 0.4) is 0 Å². The normalized spacial score (nSPS) is 11.6. The van der Waals surface area contributed by atoms with Crippen molar-refractivity contribution in [2.24, 2.45) is 0 Å². The van der Waals surface area contributed by atoms with Crippen LogP contribution in [-0.2, 0) is 4.79 Å². The molecular weight excluding hydrogens is 399 g/mol. The summed E-state index contributed by atoms with van der Waals surface area (Å²) in [7, 11) is 3.24. The van der Waals surface area contributed by atoms with E-state index in [-0.39, 0.29) is 10.9 Å². The number of hydrogen-bond acceptors (Lipinski definition) is 3. The zero-order valence-electron chi connectivity index (χ0n) is 14.3. The van der Waals surface area contributed by atoms with E-state index in [9.17, 15) is 9.59 Å². The molecule has 0 fully saturated rings. The van der Waals surface area contributed by atoms with Crippen LogP contribution in [0.5, 0.6) is 5.75 Å². The maximum Gasteiger partial charge on any atom is 0.265 e. The molecule has 0 saturated carbocycles. The Morgan fingerprint density at radius 3 is 2.42 bits per heavy atom. The summed E-state index contributed by atoms with van der Waals surface area (Å²) in [5.41, 5.74) is 0.721. The van der Waals surface area contributed by atoms with Crippen molar-refractivity contribution in [3.8, 4) is 5.75 Å². The first-order chi connectivity index (χ1) is 12.2. The van der Waals surface area contributed by atoms with Gasteiger partial charge >= 0.3 is 0 Å². The largest absolute Gasteiger partial charge is 0.479 e. The van der Waals surface area contributed by atoms with Crippen molar-refractivity contribution in [1.29, 1.82) is 0 Å². The molecule has 2 rings (SSSR count). The standard InChI is InChI=1S/C18H17Cl3N2O3/c1-10(26-15-6-4-5-14(20)16(15)21)17(24)22-11-7-8-13(19)12(9-11)18(25)23(2)3/h4-10H,1-3H3,(H,22,24). The Morgan fingerprint density at radius 2 is 1.77 bits per heavy atom. The fourth-order valence-electron chi connectivity index (χ4n) is 2.07. The molecule has 26 heavy (non-hydrogen) atoms. The van der Waals surface area contributed by atoms with E-state index in [0.717, 1.165) is 0 Å². The van der Waals surface area contributed by atoms with Gasteiger partial charge in [0.2, 0.25) is 0 Å². The van der Waals surface area contributed by atoms with Crippen molar-refractivity contribution in [3.63, 3.8) is 0 Å². The van der Waals surface area contributed by atoms with Crippen LogP contribution in [0.25, 0.3) is 0 Å². The molecule has 0 aliphatic heterocycles. The Bertz CT molecular complexity index is 840. The first-order valence-corrected chi connectivity index (χ1v) is 8.77. The summed E-state index contributed by atoms with van der Waals surface area (Å²) < 4.78 is 5.57. The van der Waals surface area contributed by atoms with E-state index in [1.54, 1.807) is 51.4 Å². The van der Waals surface area contributed by atoms with E-state index in [0.29, 0.717) is 27.0 Å². The highest BCUT2D eigenvalue weighted by molar-refractivity contribution is 6.42. The van der Waals surface area contributed by atoms with E-state index in [4.69, 9.17) is 39.5 Å². The monoisotopic (exact) mass is 414 g/mol. The molecule has 5 nitrogen and oxygen atoms in total. The topological polar surface area (TPSA) is 58.6 Å². The van der Waals surface area contributed by atoms with E-state index >= 15 is 0 Å². The average Bonchev–Trinajstić information content (AvgIpc) is 2.59. The van der Waals surface area contributed by atoms with Crippen LogP contribution in [0, 0.1) is 0 Å². The lowest BCUT2D eigenvalue weighted by molar-refractivity contribution is -0.122. The highest BCUT2D eigenvalue weighted by atomic mass is 35.5. The Kier molecular flexibility index (Phi) is 6.75. The predicted molar refractivity (Wildman–Crippen MR) is 105 cm³/mol. The highest BCUT2D eigenvalue weighted by Crippen LogP contribution is 2.32. The third-order valence-corrected chi connectivity index (χ3v) is 4.59. The predicted octanol–water partition coefficient (Wildman–Crippen LogP) is 4.75. The first kappa shape index (κ1) is 20.4. The molecule has 1 atom stereocenters. The molecule has 0 aliphatic carbocycles. The number of carbonyl (C=O) groups is 2. The molecule has 0 aliphatic rings. The van der Waals surface area contributed by atoms with Gasteiger partial charge in [0.1, 0.15) is 10.8 Å². The van der Waals surface area contributed by atoms with E-state index < -0.39 is 12.0 Å². The molecule has 0 heterocycles. The molecule has 138 valence electrons. The van der Waals surface area contributed by atoms with Gasteiger partial charge in [-0.05, 0) is 37.3 Å². The summed E-state index contributed by atoms with van der Waals surface area (Å²) in [6.07, 6.45) is -0.838. The summed E-state index contributed by atoms with van der Waals surface area (Å²) in [4.78, 5) is 25.9. The van der Waals surface area contributed by atoms with Crippen molar-refractivity contribution < 1.29 is 14.3 Å². The number of nitrogens with one attached hydrogen (secondary N) is 1. The van der Waals surface area contributed by atoms with E-state index in [1.165, 1.54) is 11.0 Å². The lowest BCUT2D eigenvalue weighted by Crippen LogP contribution is -2.30. The number of halogens is 3. The van der Waals surface area contributed by atoms with Crippen LogP contribution in [0.4, 0.5) is 5.69 Å². The quantitative estimate of drug-likeness (QED) is 0.766. The van der Waals surface area contributed by atoms with Gasteiger partial charge in [-0.15, -0.1) is 0 Å². The zero-order valence-corrected chi connectivity index (χ0v) is 16.6. The number of hydrogen-bond donors (Lipinski definition) is 1. The minimum Gasteiger partial charge on any atom is -0.479 e. The van der Waals surface area contributed by atoms with Crippen molar-refractivity contribution >= 4 is 52.3 Å². The maximum absolute atomic E-state index is 12.4. The van der Waals surface area contributed by atoms with Crippen LogP contribution >= 0.6 is 34.8 Å². The molecule has 0 bridgehead atoms.